The molecule has 0 atom stereocenters. The number of hydrogen-bond donors (Lipinski definition) is 3. The minimum atomic E-state index is 0.685. The van der Waals surface area contributed by atoms with E-state index in [1.54, 1.807) is 0 Å². The summed E-state index contributed by atoms with van der Waals surface area (Å²) in [5.41, 5.74) is 10.4. The van der Waals surface area contributed by atoms with Gasteiger partial charge in [-0.3, -0.25) is 0 Å². The molecule has 3 rings (SSSR count). The zero-order chi connectivity index (χ0) is 13.4. The number of hydrogen-bond acceptors (Lipinski definition) is 4. The molecule has 0 aliphatic heterocycles. The molecule has 0 saturated heterocycles. The second-order valence-electron chi connectivity index (χ2n) is 4.44. The standard InChI is InChI=1S/C14H15N5/c1-8-4-3-5-9(15)12(8)14-17-10-6-7-11(16-2)18-13(10)19-14/h3-7H,15H2,1-2H3,(H2,16,17,18,19). The second kappa shape index (κ2) is 4.28. The minimum Gasteiger partial charge on any atom is -0.398 e. The van der Waals surface area contributed by atoms with Crippen LogP contribution in [-0.4, -0.2) is 22.0 Å². The topological polar surface area (TPSA) is 79.6 Å². The quantitative estimate of drug-likeness (QED) is 0.613. The maximum absolute atomic E-state index is 6.04. The molecule has 4 N–H and O–H groups in total. The second-order valence-corrected chi connectivity index (χ2v) is 4.44. The zero-order valence-electron chi connectivity index (χ0n) is 10.9. The Kier molecular flexibility index (Phi) is 2.59. The van der Waals surface area contributed by atoms with Crippen molar-refractivity contribution in [2.75, 3.05) is 18.1 Å². The molecule has 0 aliphatic rings. The van der Waals surface area contributed by atoms with Gasteiger partial charge in [0.2, 0.25) is 0 Å². The van der Waals surface area contributed by atoms with Crippen LogP contribution >= 0.6 is 0 Å². The number of nitrogens with one attached hydrogen (secondary N) is 2. The number of nitrogens with two attached hydrogens (primary N) is 1. The lowest BCUT2D eigenvalue weighted by atomic mass is 10.1. The summed E-state index contributed by atoms with van der Waals surface area (Å²) in [5.74, 6) is 1.55. The number of aromatic amines is 1. The molecular weight excluding hydrogens is 238 g/mol. The summed E-state index contributed by atoms with van der Waals surface area (Å²) in [5, 5.41) is 3.00. The van der Waals surface area contributed by atoms with Crippen molar-refractivity contribution >= 4 is 22.7 Å². The summed E-state index contributed by atoms with van der Waals surface area (Å²) in [6.45, 7) is 2.02. The van der Waals surface area contributed by atoms with Crippen molar-refractivity contribution in [3.05, 3.63) is 35.9 Å². The van der Waals surface area contributed by atoms with Gasteiger partial charge in [-0.05, 0) is 30.7 Å². The summed E-state index contributed by atoms with van der Waals surface area (Å²) in [6, 6.07) is 9.70. The van der Waals surface area contributed by atoms with Gasteiger partial charge in [0.15, 0.2) is 5.65 Å². The molecule has 3 aromatic rings. The third-order valence-corrected chi connectivity index (χ3v) is 3.14. The number of benzene rings is 1. The average Bonchev–Trinajstić information content (AvgIpc) is 2.80. The van der Waals surface area contributed by atoms with Gasteiger partial charge in [0.05, 0.1) is 5.52 Å². The van der Waals surface area contributed by atoms with E-state index in [1.807, 2.05) is 44.3 Å². The minimum absolute atomic E-state index is 0.685. The van der Waals surface area contributed by atoms with Gasteiger partial charge in [-0.2, -0.15) is 0 Å². The SMILES string of the molecule is CNc1ccc2[nH]c(-c3c(C)cccc3N)nc2n1. The van der Waals surface area contributed by atoms with Gasteiger partial charge in [0.25, 0.3) is 0 Å². The first-order chi connectivity index (χ1) is 9.19. The molecule has 2 heterocycles. The van der Waals surface area contributed by atoms with Crippen molar-refractivity contribution in [2.24, 2.45) is 0 Å². The van der Waals surface area contributed by atoms with E-state index in [-0.39, 0.29) is 0 Å². The van der Waals surface area contributed by atoms with E-state index in [0.29, 0.717) is 11.3 Å². The van der Waals surface area contributed by atoms with Gasteiger partial charge in [-0.1, -0.05) is 12.1 Å². The van der Waals surface area contributed by atoms with Crippen LogP contribution < -0.4 is 11.1 Å². The fraction of sp³-hybridized carbons (Fsp3) is 0.143. The molecule has 1 aromatic carbocycles. The van der Waals surface area contributed by atoms with E-state index in [4.69, 9.17) is 5.73 Å². The van der Waals surface area contributed by atoms with E-state index in [1.165, 1.54) is 0 Å². The average molecular weight is 253 g/mol. The molecule has 0 bridgehead atoms. The summed E-state index contributed by atoms with van der Waals surface area (Å²) in [6.07, 6.45) is 0. The first-order valence-corrected chi connectivity index (χ1v) is 6.09. The number of H-pyrrole nitrogens is 1. The van der Waals surface area contributed by atoms with Crippen LogP contribution in [0, 0.1) is 6.92 Å². The molecule has 0 radical (unpaired) electrons. The highest BCUT2D eigenvalue weighted by Crippen LogP contribution is 2.28. The molecule has 0 amide bonds. The molecular formula is C14H15N5. The summed E-state index contributed by atoms with van der Waals surface area (Å²) in [4.78, 5) is 12.2. The molecule has 0 saturated carbocycles. The van der Waals surface area contributed by atoms with Crippen LogP contribution in [0.4, 0.5) is 11.5 Å². The number of aryl methyl sites for hydroxylation is 1. The Morgan fingerprint density at radius 3 is 2.74 bits per heavy atom. The predicted molar refractivity (Wildman–Crippen MR) is 78.0 cm³/mol. The van der Waals surface area contributed by atoms with Gasteiger partial charge in [-0.25, -0.2) is 9.97 Å². The van der Waals surface area contributed by atoms with Crippen LogP contribution in [0.2, 0.25) is 0 Å². The van der Waals surface area contributed by atoms with Crippen LogP contribution in [0.3, 0.4) is 0 Å². The first-order valence-electron chi connectivity index (χ1n) is 6.09. The highest BCUT2D eigenvalue weighted by molar-refractivity contribution is 5.82. The number of imidazole rings is 1. The largest absolute Gasteiger partial charge is 0.398 e. The first kappa shape index (κ1) is 11.5. The third kappa shape index (κ3) is 1.89. The van der Waals surface area contributed by atoms with Gasteiger partial charge in [0, 0.05) is 18.3 Å². The monoisotopic (exact) mass is 253 g/mol. The Morgan fingerprint density at radius 1 is 1.16 bits per heavy atom. The van der Waals surface area contributed by atoms with Crippen LogP contribution in [0.25, 0.3) is 22.6 Å². The van der Waals surface area contributed by atoms with Gasteiger partial charge >= 0.3 is 0 Å². The van der Waals surface area contributed by atoms with E-state index in [9.17, 15) is 0 Å². The van der Waals surface area contributed by atoms with Crippen molar-refractivity contribution in [3.8, 4) is 11.4 Å². The fourth-order valence-corrected chi connectivity index (χ4v) is 2.16. The van der Waals surface area contributed by atoms with Crippen LogP contribution in [0.5, 0.6) is 0 Å². The number of pyridine rings is 1. The number of nitrogens with zero attached hydrogens (tertiary/aromatic N) is 2. The Hall–Kier alpha value is -2.56. The third-order valence-electron chi connectivity index (χ3n) is 3.14. The number of aromatic nitrogens is 3. The van der Waals surface area contributed by atoms with Crippen molar-refractivity contribution in [2.45, 2.75) is 6.92 Å². The fourth-order valence-electron chi connectivity index (χ4n) is 2.16. The zero-order valence-corrected chi connectivity index (χ0v) is 10.9. The molecule has 0 unspecified atom stereocenters. The molecule has 19 heavy (non-hydrogen) atoms. The van der Waals surface area contributed by atoms with E-state index >= 15 is 0 Å². The lowest BCUT2D eigenvalue weighted by Crippen LogP contribution is -1.94. The summed E-state index contributed by atoms with van der Waals surface area (Å²) < 4.78 is 0. The lowest BCUT2D eigenvalue weighted by molar-refractivity contribution is 1.27. The van der Waals surface area contributed by atoms with Crippen molar-refractivity contribution in [1.82, 2.24) is 15.0 Å². The maximum atomic E-state index is 6.04. The van der Waals surface area contributed by atoms with E-state index < -0.39 is 0 Å². The van der Waals surface area contributed by atoms with Crippen molar-refractivity contribution < 1.29 is 0 Å². The van der Waals surface area contributed by atoms with Crippen LogP contribution in [0.1, 0.15) is 5.56 Å². The van der Waals surface area contributed by atoms with E-state index in [0.717, 1.165) is 28.3 Å². The van der Waals surface area contributed by atoms with Crippen molar-refractivity contribution in [3.63, 3.8) is 0 Å². The van der Waals surface area contributed by atoms with Gasteiger partial charge < -0.3 is 16.0 Å². The summed E-state index contributed by atoms with van der Waals surface area (Å²) in [7, 11) is 1.83. The van der Waals surface area contributed by atoms with Gasteiger partial charge in [-0.15, -0.1) is 0 Å². The molecule has 0 fully saturated rings. The molecule has 0 spiro atoms. The molecule has 2 aromatic heterocycles. The normalized spacial score (nSPS) is 10.8. The highest BCUT2D eigenvalue weighted by atomic mass is 15.0. The van der Waals surface area contributed by atoms with E-state index in [2.05, 4.69) is 20.3 Å². The van der Waals surface area contributed by atoms with Gasteiger partial charge in [0.1, 0.15) is 11.6 Å². The number of rotatable bonds is 2. The smallest absolute Gasteiger partial charge is 0.180 e. The lowest BCUT2D eigenvalue weighted by Gasteiger charge is -2.05. The van der Waals surface area contributed by atoms with Crippen LogP contribution in [-0.2, 0) is 0 Å². The molecule has 0 aliphatic carbocycles. The highest BCUT2D eigenvalue weighted by Gasteiger charge is 2.11. The number of fused-ring (bicyclic) bond motifs is 1. The predicted octanol–water partition coefficient (Wildman–Crippen LogP) is 2.56. The molecule has 96 valence electrons. The molecule has 5 nitrogen and oxygen atoms in total. The number of anilines is 2. The number of nitrogen functional groups attached to an aromatic ring is 1. The van der Waals surface area contributed by atoms with Crippen molar-refractivity contribution in [1.29, 1.82) is 0 Å². The van der Waals surface area contributed by atoms with Crippen LogP contribution in [0.15, 0.2) is 30.3 Å². The Labute approximate surface area is 110 Å². The molecule has 5 heteroatoms. The maximum Gasteiger partial charge on any atom is 0.180 e. The summed E-state index contributed by atoms with van der Waals surface area (Å²) >= 11 is 0. The Morgan fingerprint density at radius 2 is 2.00 bits per heavy atom. The Bertz CT molecular complexity index is 724. The Balaban J connectivity index is 2.21.